The molecule has 2 aromatic rings. The van der Waals surface area contributed by atoms with Gasteiger partial charge in [-0.1, -0.05) is 24.6 Å². The SMILES string of the molecule is CCNC(c1ccn[nH]1)c1c(C)cc(C)cc1C. The normalized spacial score (nSPS) is 12.7. The Morgan fingerprint density at radius 3 is 2.39 bits per heavy atom. The highest BCUT2D eigenvalue weighted by atomic mass is 15.1. The van der Waals surface area contributed by atoms with Gasteiger partial charge in [-0.2, -0.15) is 5.10 Å². The lowest BCUT2D eigenvalue weighted by atomic mass is 9.92. The molecule has 96 valence electrons. The van der Waals surface area contributed by atoms with Crippen LogP contribution in [0.25, 0.3) is 0 Å². The minimum Gasteiger partial charge on any atom is -0.305 e. The van der Waals surface area contributed by atoms with E-state index in [9.17, 15) is 0 Å². The van der Waals surface area contributed by atoms with Crippen LogP contribution in [0.15, 0.2) is 24.4 Å². The van der Waals surface area contributed by atoms with Crippen molar-refractivity contribution >= 4 is 0 Å². The summed E-state index contributed by atoms with van der Waals surface area (Å²) in [4.78, 5) is 0. The number of nitrogens with zero attached hydrogens (tertiary/aromatic N) is 1. The number of aryl methyl sites for hydroxylation is 3. The Hall–Kier alpha value is -1.61. The molecule has 1 aromatic heterocycles. The van der Waals surface area contributed by atoms with Crippen molar-refractivity contribution in [3.63, 3.8) is 0 Å². The first-order valence-corrected chi connectivity index (χ1v) is 6.44. The van der Waals surface area contributed by atoms with E-state index in [0.717, 1.165) is 12.2 Å². The van der Waals surface area contributed by atoms with Crippen molar-refractivity contribution in [2.75, 3.05) is 6.54 Å². The highest BCUT2D eigenvalue weighted by molar-refractivity contribution is 5.42. The monoisotopic (exact) mass is 243 g/mol. The summed E-state index contributed by atoms with van der Waals surface area (Å²) in [6.45, 7) is 9.55. The van der Waals surface area contributed by atoms with E-state index in [0.29, 0.717) is 0 Å². The Bertz CT molecular complexity index is 492. The molecule has 0 radical (unpaired) electrons. The number of rotatable bonds is 4. The number of nitrogens with one attached hydrogen (secondary N) is 2. The molecule has 0 saturated heterocycles. The fraction of sp³-hybridized carbons (Fsp3) is 0.400. The molecule has 2 N–H and O–H groups in total. The van der Waals surface area contributed by atoms with E-state index >= 15 is 0 Å². The molecule has 3 heteroatoms. The van der Waals surface area contributed by atoms with Crippen LogP contribution in [0.1, 0.15) is 40.9 Å². The van der Waals surface area contributed by atoms with Gasteiger partial charge < -0.3 is 5.32 Å². The second-order valence-electron chi connectivity index (χ2n) is 4.82. The van der Waals surface area contributed by atoms with Gasteiger partial charge in [-0.3, -0.25) is 5.10 Å². The Kier molecular flexibility index (Phi) is 3.82. The largest absolute Gasteiger partial charge is 0.305 e. The fourth-order valence-electron chi connectivity index (χ4n) is 2.65. The molecule has 0 amide bonds. The van der Waals surface area contributed by atoms with Crippen LogP contribution < -0.4 is 5.32 Å². The van der Waals surface area contributed by atoms with Crippen molar-refractivity contribution in [3.05, 3.63) is 52.3 Å². The average molecular weight is 243 g/mol. The molecule has 0 fully saturated rings. The van der Waals surface area contributed by atoms with Gasteiger partial charge in [0.25, 0.3) is 0 Å². The maximum absolute atomic E-state index is 4.06. The van der Waals surface area contributed by atoms with Crippen molar-refractivity contribution < 1.29 is 0 Å². The number of aromatic amines is 1. The summed E-state index contributed by atoms with van der Waals surface area (Å²) < 4.78 is 0. The standard InChI is InChI=1S/C15H21N3/c1-5-16-15(13-6-7-17-18-13)14-11(3)8-10(2)9-12(14)4/h6-9,15-16H,5H2,1-4H3,(H,17,18). The summed E-state index contributed by atoms with van der Waals surface area (Å²) in [6, 6.07) is 6.70. The first-order valence-electron chi connectivity index (χ1n) is 6.44. The third-order valence-electron chi connectivity index (χ3n) is 3.27. The molecule has 0 aliphatic heterocycles. The number of hydrogen-bond donors (Lipinski definition) is 2. The van der Waals surface area contributed by atoms with Crippen LogP contribution in [-0.2, 0) is 0 Å². The highest BCUT2D eigenvalue weighted by Crippen LogP contribution is 2.27. The average Bonchev–Trinajstić information content (AvgIpc) is 2.79. The van der Waals surface area contributed by atoms with Crippen molar-refractivity contribution in [3.8, 4) is 0 Å². The lowest BCUT2D eigenvalue weighted by molar-refractivity contribution is 0.608. The number of aromatic nitrogens is 2. The van der Waals surface area contributed by atoms with E-state index in [1.54, 1.807) is 6.20 Å². The summed E-state index contributed by atoms with van der Waals surface area (Å²) in [5.74, 6) is 0. The van der Waals surface area contributed by atoms with E-state index in [1.807, 2.05) is 6.07 Å². The number of benzene rings is 1. The van der Waals surface area contributed by atoms with Gasteiger partial charge in [0, 0.05) is 6.20 Å². The third kappa shape index (κ3) is 2.46. The summed E-state index contributed by atoms with van der Waals surface area (Å²) in [5, 5.41) is 10.7. The predicted molar refractivity (Wildman–Crippen MR) is 74.8 cm³/mol. The van der Waals surface area contributed by atoms with E-state index in [2.05, 4.69) is 55.3 Å². The van der Waals surface area contributed by atoms with E-state index in [-0.39, 0.29) is 6.04 Å². The molecular weight excluding hydrogens is 222 g/mol. The second-order valence-corrected chi connectivity index (χ2v) is 4.82. The van der Waals surface area contributed by atoms with E-state index in [1.165, 1.54) is 22.3 Å². The highest BCUT2D eigenvalue weighted by Gasteiger charge is 2.18. The molecule has 1 unspecified atom stereocenters. The maximum atomic E-state index is 4.06. The van der Waals surface area contributed by atoms with E-state index < -0.39 is 0 Å². The predicted octanol–water partition coefficient (Wildman–Crippen LogP) is 3.03. The molecule has 1 aromatic carbocycles. The first-order chi connectivity index (χ1) is 8.63. The molecule has 1 atom stereocenters. The second kappa shape index (κ2) is 5.36. The van der Waals surface area contributed by atoms with Gasteiger partial charge in [-0.05, 0) is 50.1 Å². The summed E-state index contributed by atoms with van der Waals surface area (Å²) in [5.41, 5.74) is 6.44. The summed E-state index contributed by atoms with van der Waals surface area (Å²) in [7, 11) is 0. The number of H-pyrrole nitrogens is 1. The fourth-order valence-corrected chi connectivity index (χ4v) is 2.65. The molecule has 0 saturated carbocycles. The van der Waals surface area contributed by atoms with Crippen LogP contribution >= 0.6 is 0 Å². The zero-order valence-electron chi connectivity index (χ0n) is 11.5. The molecule has 0 bridgehead atoms. The Balaban J connectivity index is 2.49. The van der Waals surface area contributed by atoms with E-state index in [4.69, 9.17) is 0 Å². The Morgan fingerprint density at radius 2 is 1.89 bits per heavy atom. The van der Waals surface area contributed by atoms with Crippen LogP contribution in [0.5, 0.6) is 0 Å². The van der Waals surface area contributed by atoms with Gasteiger partial charge in [0.1, 0.15) is 0 Å². The molecule has 0 spiro atoms. The van der Waals surface area contributed by atoms with Gasteiger partial charge in [0.2, 0.25) is 0 Å². The Morgan fingerprint density at radius 1 is 1.22 bits per heavy atom. The molecule has 1 heterocycles. The summed E-state index contributed by atoms with van der Waals surface area (Å²) >= 11 is 0. The molecular formula is C15H21N3. The topological polar surface area (TPSA) is 40.7 Å². The van der Waals surface area contributed by atoms with Crippen LogP contribution in [0.2, 0.25) is 0 Å². The van der Waals surface area contributed by atoms with Gasteiger partial charge in [0.15, 0.2) is 0 Å². The van der Waals surface area contributed by atoms with Crippen molar-refractivity contribution in [1.82, 2.24) is 15.5 Å². The quantitative estimate of drug-likeness (QED) is 0.866. The molecule has 0 aliphatic rings. The Labute approximate surface area is 109 Å². The first kappa shape index (κ1) is 12.8. The van der Waals surface area contributed by atoms with Crippen LogP contribution in [0.4, 0.5) is 0 Å². The van der Waals surface area contributed by atoms with Crippen molar-refractivity contribution in [2.45, 2.75) is 33.7 Å². The van der Waals surface area contributed by atoms with Crippen LogP contribution in [0, 0.1) is 20.8 Å². The summed E-state index contributed by atoms with van der Waals surface area (Å²) in [6.07, 6.45) is 1.80. The van der Waals surface area contributed by atoms with Gasteiger partial charge in [0.05, 0.1) is 11.7 Å². The smallest absolute Gasteiger partial charge is 0.0750 e. The zero-order chi connectivity index (χ0) is 13.1. The molecule has 0 aliphatic carbocycles. The van der Waals surface area contributed by atoms with Crippen molar-refractivity contribution in [2.24, 2.45) is 0 Å². The van der Waals surface area contributed by atoms with Crippen LogP contribution in [-0.4, -0.2) is 16.7 Å². The zero-order valence-corrected chi connectivity index (χ0v) is 11.5. The van der Waals surface area contributed by atoms with Gasteiger partial charge in [-0.25, -0.2) is 0 Å². The van der Waals surface area contributed by atoms with Gasteiger partial charge >= 0.3 is 0 Å². The number of hydrogen-bond acceptors (Lipinski definition) is 2. The maximum Gasteiger partial charge on any atom is 0.0750 e. The molecule has 3 nitrogen and oxygen atoms in total. The minimum absolute atomic E-state index is 0.193. The third-order valence-corrected chi connectivity index (χ3v) is 3.27. The molecule has 18 heavy (non-hydrogen) atoms. The van der Waals surface area contributed by atoms with Crippen LogP contribution in [0.3, 0.4) is 0 Å². The lowest BCUT2D eigenvalue weighted by Gasteiger charge is -2.22. The molecule has 2 rings (SSSR count). The minimum atomic E-state index is 0.193. The lowest BCUT2D eigenvalue weighted by Crippen LogP contribution is -2.24. The van der Waals surface area contributed by atoms with Gasteiger partial charge in [-0.15, -0.1) is 0 Å². The van der Waals surface area contributed by atoms with Crippen molar-refractivity contribution in [1.29, 1.82) is 0 Å².